The van der Waals surface area contributed by atoms with Crippen molar-refractivity contribution in [3.05, 3.63) is 72.4 Å². The molecule has 0 bridgehead atoms. The number of rotatable bonds is 3. The van der Waals surface area contributed by atoms with Gasteiger partial charge in [0.25, 0.3) is 0 Å². The molecule has 0 atom stereocenters. The second kappa shape index (κ2) is 5.21. The molecule has 100 valence electrons. The maximum atomic E-state index is 12.0. The Bertz CT molecular complexity index is 731. The van der Waals surface area contributed by atoms with Crippen LogP contribution in [0.5, 0.6) is 0 Å². The molecule has 0 unspecified atom stereocenters. The third-order valence-corrected chi connectivity index (χ3v) is 3.38. The molecule has 0 radical (unpaired) electrons. The highest BCUT2D eigenvalue weighted by atomic mass is 16.2. The minimum absolute atomic E-state index is 0.0233. The van der Waals surface area contributed by atoms with Crippen LogP contribution in [0.4, 0.5) is 0 Å². The van der Waals surface area contributed by atoms with E-state index in [4.69, 9.17) is 0 Å². The van der Waals surface area contributed by atoms with Crippen LogP contribution in [0.2, 0.25) is 0 Å². The van der Waals surface area contributed by atoms with Crippen LogP contribution < -0.4 is 5.01 Å². The molecular formula is C17H16N2O. The highest BCUT2D eigenvalue weighted by Gasteiger charge is 2.13. The van der Waals surface area contributed by atoms with Crippen LogP contribution in [0.3, 0.4) is 0 Å². The van der Waals surface area contributed by atoms with Crippen molar-refractivity contribution >= 4 is 16.8 Å². The fourth-order valence-electron chi connectivity index (χ4n) is 2.37. The summed E-state index contributed by atoms with van der Waals surface area (Å²) in [6.07, 6.45) is 1.94. The summed E-state index contributed by atoms with van der Waals surface area (Å²) >= 11 is 0. The predicted octanol–water partition coefficient (Wildman–Crippen LogP) is 3.33. The molecule has 0 fully saturated rings. The fraction of sp³-hybridized carbons (Fsp3) is 0.118. The molecule has 0 N–H and O–H groups in total. The second-order valence-electron chi connectivity index (χ2n) is 4.78. The Morgan fingerprint density at radius 3 is 2.45 bits per heavy atom. The number of carbonyl (C=O) groups is 1. The Labute approximate surface area is 118 Å². The van der Waals surface area contributed by atoms with Gasteiger partial charge < -0.3 is 0 Å². The Balaban J connectivity index is 2.01. The SMILES string of the molecule is CC(=O)N(Cc1ccccc1)n1ccc2ccccc21. The number of carbonyl (C=O) groups excluding carboxylic acids is 1. The predicted molar refractivity (Wildman–Crippen MR) is 81.0 cm³/mol. The smallest absolute Gasteiger partial charge is 0.238 e. The standard InChI is InChI=1S/C17H16N2O/c1-14(20)19(13-15-7-3-2-4-8-15)18-12-11-16-9-5-6-10-17(16)18/h2-12H,13H2,1H3. The topological polar surface area (TPSA) is 25.2 Å². The summed E-state index contributed by atoms with van der Waals surface area (Å²) in [6.45, 7) is 2.16. The first-order valence-corrected chi connectivity index (χ1v) is 6.64. The summed E-state index contributed by atoms with van der Waals surface area (Å²) in [7, 11) is 0. The molecule has 1 heterocycles. The van der Waals surface area contributed by atoms with Crippen LogP contribution in [-0.4, -0.2) is 10.6 Å². The van der Waals surface area contributed by atoms with E-state index in [0.29, 0.717) is 6.54 Å². The van der Waals surface area contributed by atoms with E-state index >= 15 is 0 Å². The number of hydrogen-bond donors (Lipinski definition) is 0. The number of benzene rings is 2. The van der Waals surface area contributed by atoms with E-state index in [9.17, 15) is 4.79 Å². The van der Waals surface area contributed by atoms with Crippen molar-refractivity contribution in [1.82, 2.24) is 4.68 Å². The van der Waals surface area contributed by atoms with Gasteiger partial charge in [0.05, 0.1) is 12.1 Å². The average Bonchev–Trinajstić information content (AvgIpc) is 2.89. The maximum absolute atomic E-state index is 12.0. The van der Waals surface area contributed by atoms with Crippen LogP contribution in [0.1, 0.15) is 12.5 Å². The molecule has 0 spiro atoms. The number of hydrogen-bond acceptors (Lipinski definition) is 1. The molecule has 3 rings (SSSR count). The quantitative estimate of drug-likeness (QED) is 0.712. The molecule has 2 aromatic carbocycles. The van der Waals surface area contributed by atoms with E-state index < -0.39 is 0 Å². The van der Waals surface area contributed by atoms with Gasteiger partial charge in [-0.25, -0.2) is 5.01 Å². The third-order valence-electron chi connectivity index (χ3n) is 3.38. The lowest BCUT2D eigenvalue weighted by Gasteiger charge is -2.23. The summed E-state index contributed by atoms with van der Waals surface area (Å²) in [4.78, 5) is 12.0. The van der Waals surface area contributed by atoms with E-state index in [1.165, 1.54) is 0 Å². The molecule has 3 aromatic rings. The molecule has 1 amide bonds. The van der Waals surface area contributed by atoms with Gasteiger partial charge in [0.2, 0.25) is 5.91 Å². The Morgan fingerprint density at radius 2 is 1.70 bits per heavy atom. The van der Waals surface area contributed by atoms with Crippen LogP contribution in [0, 0.1) is 0 Å². The summed E-state index contributed by atoms with van der Waals surface area (Å²) < 4.78 is 1.92. The van der Waals surface area contributed by atoms with Gasteiger partial charge in [-0.05, 0) is 17.7 Å². The number of amides is 1. The van der Waals surface area contributed by atoms with Crippen molar-refractivity contribution in [2.24, 2.45) is 0 Å². The van der Waals surface area contributed by atoms with Crippen LogP contribution >= 0.6 is 0 Å². The number of fused-ring (bicyclic) bond motifs is 1. The van der Waals surface area contributed by atoms with Gasteiger partial charge in [0.1, 0.15) is 0 Å². The van der Waals surface area contributed by atoms with Crippen molar-refractivity contribution in [2.45, 2.75) is 13.5 Å². The van der Waals surface area contributed by atoms with Crippen molar-refractivity contribution < 1.29 is 4.79 Å². The molecule has 20 heavy (non-hydrogen) atoms. The highest BCUT2D eigenvalue weighted by Crippen LogP contribution is 2.17. The van der Waals surface area contributed by atoms with Gasteiger partial charge in [-0.1, -0.05) is 48.5 Å². The fourth-order valence-corrected chi connectivity index (χ4v) is 2.37. The van der Waals surface area contributed by atoms with Gasteiger partial charge in [-0.3, -0.25) is 9.47 Å². The Hall–Kier alpha value is -2.55. The lowest BCUT2D eigenvalue weighted by Crippen LogP contribution is -2.37. The van der Waals surface area contributed by atoms with Gasteiger partial charge in [-0.15, -0.1) is 0 Å². The monoisotopic (exact) mass is 264 g/mol. The molecule has 0 aliphatic rings. The number of nitrogens with zero attached hydrogens (tertiary/aromatic N) is 2. The second-order valence-corrected chi connectivity index (χ2v) is 4.78. The van der Waals surface area contributed by atoms with E-state index in [-0.39, 0.29) is 5.91 Å². The van der Waals surface area contributed by atoms with E-state index in [1.807, 2.05) is 71.5 Å². The summed E-state index contributed by atoms with van der Waals surface area (Å²) in [5, 5.41) is 2.88. The third kappa shape index (κ3) is 2.30. The Kier molecular flexibility index (Phi) is 3.25. The Morgan fingerprint density at radius 1 is 1.00 bits per heavy atom. The van der Waals surface area contributed by atoms with Crippen molar-refractivity contribution in [2.75, 3.05) is 5.01 Å². The van der Waals surface area contributed by atoms with Crippen LogP contribution in [0.25, 0.3) is 10.9 Å². The van der Waals surface area contributed by atoms with E-state index in [2.05, 4.69) is 0 Å². The first kappa shape index (κ1) is 12.5. The summed E-state index contributed by atoms with van der Waals surface area (Å²) in [5.74, 6) is 0.0233. The molecular weight excluding hydrogens is 248 g/mol. The minimum atomic E-state index is 0.0233. The number of para-hydroxylation sites is 1. The van der Waals surface area contributed by atoms with Gasteiger partial charge in [0, 0.05) is 18.5 Å². The lowest BCUT2D eigenvalue weighted by molar-refractivity contribution is -0.118. The zero-order valence-corrected chi connectivity index (χ0v) is 11.4. The molecule has 1 aromatic heterocycles. The average molecular weight is 264 g/mol. The zero-order valence-electron chi connectivity index (χ0n) is 11.4. The molecule has 0 saturated carbocycles. The normalized spacial score (nSPS) is 10.7. The molecule has 3 heteroatoms. The van der Waals surface area contributed by atoms with Gasteiger partial charge in [-0.2, -0.15) is 0 Å². The number of aromatic nitrogens is 1. The first-order chi connectivity index (χ1) is 9.75. The lowest BCUT2D eigenvalue weighted by atomic mass is 10.2. The largest absolute Gasteiger partial charge is 0.273 e. The van der Waals surface area contributed by atoms with Crippen molar-refractivity contribution in [3.63, 3.8) is 0 Å². The van der Waals surface area contributed by atoms with Crippen molar-refractivity contribution in [1.29, 1.82) is 0 Å². The summed E-state index contributed by atoms with van der Waals surface area (Å²) in [6, 6.07) is 20.1. The highest BCUT2D eigenvalue weighted by molar-refractivity contribution is 5.87. The maximum Gasteiger partial charge on any atom is 0.238 e. The van der Waals surface area contributed by atoms with Gasteiger partial charge in [0.15, 0.2) is 0 Å². The van der Waals surface area contributed by atoms with Crippen molar-refractivity contribution in [3.8, 4) is 0 Å². The molecule has 0 aliphatic carbocycles. The van der Waals surface area contributed by atoms with Gasteiger partial charge >= 0.3 is 0 Å². The minimum Gasteiger partial charge on any atom is -0.273 e. The molecule has 3 nitrogen and oxygen atoms in total. The molecule has 0 aliphatic heterocycles. The van der Waals surface area contributed by atoms with E-state index in [1.54, 1.807) is 11.9 Å². The zero-order chi connectivity index (χ0) is 13.9. The first-order valence-electron chi connectivity index (χ1n) is 6.64. The van der Waals surface area contributed by atoms with Crippen LogP contribution in [0.15, 0.2) is 66.9 Å². The van der Waals surface area contributed by atoms with E-state index in [0.717, 1.165) is 16.5 Å². The van der Waals surface area contributed by atoms with Crippen LogP contribution in [-0.2, 0) is 11.3 Å². The molecule has 0 saturated heterocycles. The summed E-state index contributed by atoms with van der Waals surface area (Å²) in [5.41, 5.74) is 2.15.